The summed E-state index contributed by atoms with van der Waals surface area (Å²) in [5, 5.41) is 21.6. The van der Waals surface area contributed by atoms with Crippen LogP contribution in [0.3, 0.4) is 0 Å². The summed E-state index contributed by atoms with van der Waals surface area (Å²) in [7, 11) is 0. The Balaban J connectivity index is 0.00000320. The van der Waals surface area contributed by atoms with Crippen molar-refractivity contribution < 1.29 is 28.2 Å². The van der Waals surface area contributed by atoms with Gasteiger partial charge in [-0.2, -0.15) is 13.2 Å². The molecule has 0 saturated carbocycles. The summed E-state index contributed by atoms with van der Waals surface area (Å²) in [6.45, 7) is 0.153. The number of nitrogens with one attached hydrogen (secondary N) is 1. The zero-order valence-corrected chi connectivity index (χ0v) is 16.1. The minimum atomic E-state index is -4.42. The molecule has 1 heterocycles. The van der Waals surface area contributed by atoms with Crippen molar-refractivity contribution in [1.29, 1.82) is 0 Å². The van der Waals surface area contributed by atoms with Crippen molar-refractivity contribution in [2.45, 2.75) is 12.7 Å². The summed E-state index contributed by atoms with van der Waals surface area (Å²) in [4.78, 5) is 16.0. The van der Waals surface area contributed by atoms with Gasteiger partial charge in [-0.1, -0.05) is 12.1 Å². The van der Waals surface area contributed by atoms with Crippen molar-refractivity contribution in [2.24, 2.45) is 0 Å². The molecule has 0 aliphatic rings. The fourth-order valence-electron chi connectivity index (χ4n) is 2.58. The monoisotopic (exact) mass is 439 g/mol. The molecule has 0 aliphatic heterocycles. The van der Waals surface area contributed by atoms with Gasteiger partial charge in [0.05, 0.1) is 11.9 Å². The van der Waals surface area contributed by atoms with Gasteiger partial charge in [0, 0.05) is 24.4 Å². The molecule has 0 saturated heterocycles. The smallest absolute Gasteiger partial charge is 0.416 e. The van der Waals surface area contributed by atoms with Crippen LogP contribution >= 0.6 is 12.4 Å². The number of alkyl halides is 3. The Labute approximate surface area is 175 Å². The van der Waals surface area contributed by atoms with Gasteiger partial charge >= 0.3 is 6.18 Å². The van der Waals surface area contributed by atoms with Crippen LogP contribution < -0.4 is 5.32 Å². The lowest BCUT2D eigenvalue weighted by molar-refractivity contribution is -0.137. The van der Waals surface area contributed by atoms with Crippen LogP contribution in [0, 0.1) is 0 Å². The highest BCUT2D eigenvalue weighted by Crippen LogP contribution is 2.29. The highest BCUT2D eigenvalue weighted by atomic mass is 35.5. The van der Waals surface area contributed by atoms with Crippen LogP contribution in [0.15, 0.2) is 61.1 Å². The lowest BCUT2D eigenvalue weighted by Crippen LogP contribution is -2.08. The topological polar surface area (TPSA) is 87.4 Å². The SMILES string of the molecule is Cl.O=C(/C=C/c1cc(O)ccc1O)Nc1cn(Cc2cccc(C(F)(F)F)c2)cn1. The van der Waals surface area contributed by atoms with E-state index in [1.807, 2.05) is 0 Å². The van der Waals surface area contributed by atoms with Crippen LogP contribution in [-0.2, 0) is 17.5 Å². The number of hydrogen-bond acceptors (Lipinski definition) is 4. The second kappa shape index (κ2) is 9.36. The third kappa shape index (κ3) is 6.02. The quantitative estimate of drug-likeness (QED) is 0.405. The van der Waals surface area contributed by atoms with E-state index in [2.05, 4.69) is 10.3 Å². The van der Waals surface area contributed by atoms with Crippen molar-refractivity contribution in [2.75, 3.05) is 5.32 Å². The Morgan fingerprint density at radius 1 is 1.17 bits per heavy atom. The minimum absolute atomic E-state index is 0. The van der Waals surface area contributed by atoms with E-state index in [0.29, 0.717) is 5.56 Å². The van der Waals surface area contributed by atoms with Crippen LogP contribution in [0.5, 0.6) is 11.5 Å². The highest BCUT2D eigenvalue weighted by Gasteiger charge is 2.30. The van der Waals surface area contributed by atoms with E-state index in [1.54, 1.807) is 6.07 Å². The lowest BCUT2D eigenvalue weighted by atomic mass is 10.1. The second-order valence-electron chi connectivity index (χ2n) is 6.20. The molecule has 3 rings (SSSR count). The van der Waals surface area contributed by atoms with Crippen LogP contribution in [0.25, 0.3) is 6.08 Å². The number of carbonyl (C=O) groups is 1. The molecular weight excluding hydrogens is 423 g/mol. The first-order chi connectivity index (χ1) is 13.7. The fourth-order valence-corrected chi connectivity index (χ4v) is 2.58. The Bertz CT molecular complexity index is 1060. The van der Waals surface area contributed by atoms with E-state index >= 15 is 0 Å². The minimum Gasteiger partial charge on any atom is -0.508 e. The van der Waals surface area contributed by atoms with Gasteiger partial charge < -0.3 is 20.1 Å². The normalized spacial score (nSPS) is 11.3. The third-order valence-electron chi connectivity index (χ3n) is 3.93. The number of phenolic OH excluding ortho intramolecular Hbond substituents is 2. The van der Waals surface area contributed by atoms with E-state index in [0.717, 1.165) is 18.2 Å². The Hall–Kier alpha value is -3.46. The number of carbonyl (C=O) groups excluding carboxylic acids is 1. The molecule has 158 valence electrons. The highest BCUT2D eigenvalue weighted by molar-refractivity contribution is 6.01. The average molecular weight is 440 g/mol. The first-order valence-electron chi connectivity index (χ1n) is 8.40. The standard InChI is InChI=1S/C20H16F3N3O3.ClH/c21-20(22,23)15-3-1-2-13(8-15)10-26-11-18(24-12-26)25-19(29)7-4-14-9-16(27)5-6-17(14)28;/h1-9,11-12,27-28H,10H2,(H,25,29);1H/b7-4+;. The molecule has 1 amide bonds. The molecule has 0 bridgehead atoms. The number of aromatic nitrogens is 2. The summed E-state index contributed by atoms with van der Waals surface area (Å²) < 4.78 is 39.9. The van der Waals surface area contributed by atoms with E-state index in [-0.39, 0.29) is 41.8 Å². The summed E-state index contributed by atoms with van der Waals surface area (Å²) in [5.41, 5.74) is -0.0337. The summed E-state index contributed by atoms with van der Waals surface area (Å²) in [5.74, 6) is -0.475. The largest absolute Gasteiger partial charge is 0.508 e. The van der Waals surface area contributed by atoms with Gasteiger partial charge in [-0.3, -0.25) is 4.79 Å². The van der Waals surface area contributed by atoms with E-state index in [1.165, 1.54) is 47.4 Å². The Morgan fingerprint density at radius 3 is 2.67 bits per heavy atom. The van der Waals surface area contributed by atoms with Gasteiger partial charge in [-0.05, 0) is 42.0 Å². The van der Waals surface area contributed by atoms with Crippen molar-refractivity contribution >= 4 is 30.2 Å². The number of anilines is 1. The molecule has 0 aliphatic carbocycles. The number of amides is 1. The van der Waals surface area contributed by atoms with Gasteiger partial charge in [-0.15, -0.1) is 12.4 Å². The first-order valence-corrected chi connectivity index (χ1v) is 8.40. The summed E-state index contributed by atoms with van der Waals surface area (Å²) >= 11 is 0. The predicted octanol–water partition coefficient (Wildman–Crippen LogP) is 4.44. The van der Waals surface area contributed by atoms with Crippen molar-refractivity contribution in [3.8, 4) is 11.5 Å². The summed E-state index contributed by atoms with van der Waals surface area (Å²) in [6, 6.07) is 8.86. The van der Waals surface area contributed by atoms with E-state index in [4.69, 9.17) is 0 Å². The van der Waals surface area contributed by atoms with E-state index in [9.17, 15) is 28.2 Å². The first kappa shape index (κ1) is 22.8. The number of imidazole rings is 1. The molecule has 0 fully saturated rings. The third-order valence-corrected chi connectivity index (χ3v) is 3.93. The molecule has 3 aromatic rings. The number of nitrogens with zero attached hydrogens (tertiary/aromatic N) is 2. The molecule has 0 atom stereocenters. The van der Waals surface area contributed by atoms with Crippen molar-refractivity contribution in [1.82, 2.24) is 9.55 Å². The molecule has 1 aromatic heterocycles. The predicted molar refractivity (Wildman–Crippen MR) is 107 cm³/mol. The average Bonchev–Trinajstić information content (AvgIpc) is 3.08. The van der Waals surface area contributed by atoms with Crippen LogP contribution in [0.1, 0.15) is 16.7 Å². The molecule has 2 aromatic carbocycles. The summed E-state index contributed by atoms with van der Waals surface area (Å²) in [6.07, 6.45) is 0.934. The zero-order valence-electron chi connectivity index (χ0n) is 15.3. The number of aromatic hydroxyl groups is 2. The maximum Gasteiger partial charge on any atom is 0.416 e. The molecule has 10 heteroatoms. The van der Waals surface area contributed by atoms with Crippen molar-refractivity contribution in [3.05, 3.63) is 77.8 Å². The van der Waals surface area contributed by atoms with Crippen LogP contribution in [0.2, 0.25) is 0 Å². The maximum atomic E-state index is 12.8. The molecule has 3 N–H and O–H groups in total. The van der Waals surface area contributed by atoms with Crippen LogP contribution in [-0.4, -0.2) is 25.7 Å². The number of benzene rings is 2. The number of halogens is 4. The molecule has 0 spiro atoms. The number of rotatable bonds is 5. The van der Waals surface area contributed by atoms with Gasteiger partial charge in [0.2, 0.25) is 5.91 Å². The fraction of sp³-hybridized carbons (Fsp3) is 0.100. The molecule has 0 radical (unpaired) electrons. The Kier molecular flexibility index (Phi) is 7.12. The van der Waals surface area contributed by atoms with Gasteiger partial charge in [0.25, 0.3) is 0 Å². The maximum absolute atomic E-state index is 12.8. The lowest BCUT2D eigenvalue weighted by Gasteiger charge is -2.09. The molecule has 30 heavy (non-hydrogen) atoms. The van der Waals surface area contributed by atoms with E-state index < -0.39 is 17.6 Å². The molecule has 6 nitrogen and oxygen atoms in total. The number of phenols is 2. The molecular formula is C20H17ClF3N3O3. The van der Waals surface area contributed by atoms with Gasteiger partial charge in [0.15, 0.2) is 5.82 Å². The van der Waals surface area contributed by atoms with Crippen molar-refractivity contribution in [3.63, 3.8) is 0 Å². The molecule has 0 unspecified atom stereocenters. The van der Waals surface area contributed by atoms with Gasteiger partial charge in [0.1, 0.15) is 11.5 Å². The second-order valence-corrected chi connectivity index (χ2v) is 6.20. The zero-order chi connectivity index (χ0) is 21.0. The Morgan fingerprint density at radius 2 is 1.93 bits per heavy atom. The number of hydrogen-bond donors (Lipinski definition) is 3. The van der Waals surface area contributed by atoms with Gasteiger partial charge in [-0.25, -0.2) is 4.98 Å². The van der Waals surface area contributed by atoms with Crippen LogP contribution in [0.4, 0.5) is 19.0 Å².